The van der Waals surface area contributed by atoms with Crippen molar-refractivity contribution >= 4 is 27.3 Å². The summed E-state index contributed by atoms with van der Waals surface area (Å²) in [6.45, 7) is 4.96. The number of rotatable bonds is 3. The van der Waals surface area contributed by atoms with Gasteiger partial charge in [0.05, 0.1) is 11.4 Å². The van der Waals surface area contributed by atoms with Gasteiger partial charge in [-0.25, -0.2) is 0 Å². The van der Waals surface area contributed by atoms with Crippen molar-refractivity contribution in [1.82, 2.24) is 20.4 Å². The highest BCUT2D eigenvalue weighted by Crippen LogP contribution is 2.27. The zero-order valence-corrected chi connectivity index (χ0v) is 12.8. The molecule has 1 saturated heterocycles. The lowest BCUT2D eigenvalue weighted by Gasteiger charge is -2.16. The fraction of sp³-hybridized carbons (Fsp3) is 0.500. The molecule has 0 radical (unpaired) electrons. The highest BCUT2D eigenvalue weighted by atomic mass is 79.9. The molecule has 3 heterocycles. The van der Waals surface area contributed by atoms with Crippen LogP contribution in [0.25, 0.3) is 10.7 Å². The minimum absolute atomic E-state index is 0.679. The lowest BCUT2D eigenvalue weighted by Crippen LogP contribution is -2.27. The normalized spacial score (nSPS) is 17.5. The van der Waals surface area contributed by atoms with Crippen molar-refractivity contribution in [1.29, 1.82) is 0 Å². The third-order valence-corrected chi connectivity index (χ3v) is 4.73. The number of nitrogens with zero attached hydrogens (tertiary/aromatic N) is 3. The molecule has 0 saturated carbocycles. The van der Waals surface area contributed by atoms with Gasteiger partial charge in [0.25, 0.3) is 0 Å². The van der Waals surface area contributed by atoms with Crippen LogP contribution in [0.3, 0.4) is 0 Å². The van der Waals surface area contributed by atoms with Gasteiger partial charge in [-0.05, 0) is 41.5 Å². The Morgan fingerprint density at radius 1 is 1.42 bits per heavy atom. The Kier molecular flexibility index (Phi) is 4.27. The van der Waals surface area contributed by atoms with Gasteiger partial charge >= 0.3 is 0 Å². The first kappa shape index (κ1) is 13.2. The van der Waals surface area contributed by atoms with Gasteiger partial charge in [0.1, 0.15) is 0 Å². The summed E-state index contributed by atoms with van der Waals surface area (Å²) in [5.41, 5.74) is 0. The van der Waals surface area contributed by atoms with Crippen molar-refractivity contribution in [3.05, 3.63) is 21.8 Å². The molecular weight excluding hydrogens is 328 g/mol. The molecule has 1 N–H and O–H groups in total. The summed E-state index contributed by atoms with van der Waals surface area (Å²) >= 11 is 5.04. The van der Waals surface area contributed by atoms with Crippen LogP contribution >= 0.6 is 27.3 Å². The van der Waals surface area contributed by atoms with Crippen LogP contribution in [0.4, 0.5) is 0 Å². The molecule has 0 spiro atoms. The molecule has 1 aliphatic heterocycles. The number of thiophene rings is 1. The molecule has 102 valence electrons. The summed E-state index contributed by atoms with van der Waals surface area (Å²) in [5, 5.41) is 9.45. The molecule has 0 unspecified atom stereocenters. The fourth-order valence-corrected chi connectivity index (χ4v) is 3.45. The van der Waals surface area contributed by atoms with Crippen LogP contribution < -0.4 is 5.32 Å². The average molecular weight is 343 g/mol. The second-order valence-electron chi connectivity index (χ2n) is 4.52. The molecular formula is C12H15BrN4OS. The van der Waals surface area contributed by atoms with Gasteiger partial charge in [-0.3, -0.25) is 4.90 Å². The molecule has 0 amide bonds. The minimum atomic E-state index is 0.679. The van der Waals surface area contributed by atoms with Crippen LogP contribution in [0.2, 0.25) is 0 Å². The molecule has 0 aliphatic carbocycles. The van der Waals surface area contributed by atoms with Crippen LogP contribution in [0.5, 0.6) is 0 Å². The summed E-state index contributed by atoms with van der Waals surface area (Å²) < 4.78 is 6.39. The minimum Gasteiger partial charge on any atom is -0.338 e. The fourth-order valence-electron chi connectivity index (χ4n) is 2.10. The highest BCUT2D eigenvalue weighted by molar-refractivity contribution is 9.10. The zero-order chi connectivity index (χ0) is 13.1. The summed E-state index contributed by atoms with van der Waals surface area (Å²) in [6, 6.07) is 2.01. The van der Waals surface area contributed by atoms with Crippen molar-refractivity contribution in [2.75, 3.05) is 26.2 Å². The van der Waals surface area contributed by atoms with Crippen molar-refractivity contribution in [3.63, 3.8) is 0 Å². The molecule has 2 aromatic rings. The Morgan fingerprint density at radius 3 is 3.21 bits per heavy atom. The maximum Gasteiger partial charge on any atom is 0.241 e. The Labute approximate surface area is 124 Å². The summed E-state index contributed by atoms with van der Waals surface area (Å²) in [6.07, 6.45) is 1.17. The van der Waals surface area contributed by atoms with E-state index in [1.165, 1.54) is 6.42 Å². The van der Waals surface area contributed by atoms with Gasteiger partial charge in [-0.15, -0.1) is 11.3 Å². The van der Waals surface area contributed by atoms with Gasteiger partial charge < -0.3 is 9.84 Å². The van der Waals surface area contributed by atoms with Crippen molar-refractivity contribution in [3.8, 4) is 10.7 Å². The third kappa shape index (κ3) is 3.42. The predicted octanol–water partition coefficient (Wildman–Crippen LogP) is 2.36. The van der Waals surface area contributed by atoms with E-state index in [2.05, 4.69) is 36.3 Å². The van der Waals surface area contributed by atoms with Crippen LogP contribution in [-0.2, 0) is 6.54 Å². The predicted molar refractivity (Wildman–Crippen MR) is 78.1 cm³/mol. The van der Waals surface area contributed by atoms with Crippen LogP contribution in [0.1, 0.15) is 12.3 Å². The largest absolute Gasteiger partial charge is 0.338 e. The molecule has 1 fully saturated rings. The van der Waals surface area contributed by atoms with E-state index in [1.54, 1.807) is 11.3 Å². The number of halogens is 1. The van der Waals surface area contributed by atoms with Crippen molar-refractivity contribution < 1.29 is 4.52 Å². The molecule has 1 aliphatic rings. The van der Waals surface area contributed by atoms with Crippen LogP contribution in [0, 0.1) is 0 Å². The molecule has 2 aromatic heterocycles. The monoisotopic (exact) mass is 342 g/mol. The quantitative estimate of drug-likeness (QED) is 0.927. The molecule has 5 nitrogen and oxygen atoms in total. The molecule has 19 heavy (non-hydrogen) atoms. The van der Waals surface area contributed by atoms with Crippen molar-refractivity contribution in [2.45, 2.75) is 13.0 Å². The Morgan fingerprint density at radius 2 is 2.37 bits per heavy atom. The van der Waals surface area contributed by atoms with Gasteiger partial charge in [0.2, 0.25) is 11.7 Å². The standard InChI is InChI=1S/C12H15BrN4OS/c13-9-6-10(19-8-9)12-15-11(18-16-12)7-17-4-1-2-14-3-5-17/h6,8,14H,1-5,7H2. The first-order valence-corrected chi connectivity index (χ1v) is 7.98. The smallest absolute Gasteiger partial charge is 0.241 e. The van der Waals surface area contributed by atoms with E-state index in [-0.39, 0.29) is 0 Å². The van der Waals surface area contributed by atoms with E-state index in [0.717, 1.165) is 42.1 Å². The molecule has 7 heteroatoms. The topological polar surface area (TPSA) is 54.2 Å². The first-order valence-electron chi connectivity index (χ1n) is 6.31. The number of nitrogens with one attached hydrogen (secondary N) is 1. The number of hydrogen-bond acceptors (Lipinski definition) is 6. The Balaban J connectivity index is 1.67. The summed E-state index contributed by atoms with van der Waals surface area (Å²) in [4.78, 5) is 7.84. The average Bonchev–Trinajstić information content (AvgIpc) is 2.94. The second kappa shape index (κ2) is 6.13. The molecule has 0 aromatic carbocycles. The van der Waals surface area contributed by atoms with Gasteiger partial charge in [0, 0.05) is 22.9 Å². The van der Waals surface area contributed by atoms with Crippen LogP contribution in [0.15, 0.2) is 20.4 Å². The van der Waals surface area contributed by atoms with E-state index < -0.39 is 0 Å². The van der Waals surface area contributed by atoms with Gasteiger partial charge in [-0.2, -0.15) is 4.98 Å². The number of aromatic nitrogens is 2. The Hall–Kier alpha value is -0.760. The lowest BCUT2D eigenvalue weighted by atomic mass is 10.4. The van der Waals surface area contributed by atoms with Gasteiger partial charge in [0.15, 0.2) is 0 Å². The Bertz CT molecular complexity index is 533. The number of hydrogen-bond donors (Lipinski definition) is 1. The van der Waals surface area contributed by atoms with E-state index >= 15 is 0 Å². The zero-order valence-electron chi connectivity index (χ0n) is 10.4. The third-order valence-electron chi connectivity index (χ3n) is 3.05. The SMILES string of the molecule is Brc1csc(-c2noc(CN3CCCNCC3)n2)c1. The maximum atomic E-state index is 5.34. The maximum absolute atomic E-state index is 5.34. The van der Waals surface area contributed by atoms with E-state index in [0.29, 0.717) is 11.7 Å². The van der Waals surface area contributed by atoms with E-state index in [4.69, 9.17) is 4.52 Å². The van der Waals surface area contributed by atoms with E-state index in [9.17, 15) is 0 Å². The first-order chi connectivity index (χ1) is 9.31. The van der Waals surface area contributed by atoms with Crippen LogP contribution in [-0.4, -0.2) is 41.2 Å². The second-order valence-corrected chi connectivity index (χ2v) is 6.35. The highest BCUT2D eigenvalue weighted by Gasteiger charge is 2.15. The van der Waals surface area contributed by atoms with Crippen molar-refractivity contribution in [2.24, 2.45) is 0 Å². The van der Waals surface area contributed by atoms with Gasteiger partial charge in [-0.1, -0.05) is 5.16 Å². The molecule has 0 atom stereocenters. The molecule has 0 bridgehead atoms. The van der Waals surface area contributed by atoms with E-state index in [1.807, 2.05) is 11.4 Å². The summed E-state index contributed by atoms with van der Waals surface area (Å²) in [7, 11) is 0. The lowest BCUT2D eigenvalue weighted by molar-refractivity contribution is 0.239. The molecule has 3 rings (SSSR count). The summed E-state index contributed by atoms with van der Waals surface area (Å²) in [5.74, 6) is 1.38.